The second-order valence-electron chi connectivity index (χ2n) is 7.45. The Bertz CT molecular complexity index is 1230. The minimum atomic E-state index is 0. The molecular weight excluding hydrogens is 652 g/mol. The van der Waals surface area contributed by atoms with Crippen molar-refractivity contribution >= 4 is 0 Å². The first-order valence-corrected chi connectivity index (χ1v) is 12.0. The molecule has 1 aromatic heterocycles. The molecule has 0 spiro atoms. The first-order chi connectivity index (χ1) is 18.8. The number of aromatic nitrogens is 1. The third kappa shape index (κ3) is 14.2. The molecule has 40 heavy (non-hydrogen) atoms. The van der Waals surface area contributed by atoms with E-state index in [4.69, 9.17) is 18.9 Å². The zero-order valence-electron chi connectivity index (χ0n) is 22.6. The van der Waals surface area contributed by atoms with Crippen molar-refractivity contribution in [1.29, 1.82) is 0 Å². The number of hydrogen-bond donors (Lipinski definition) is 0. The number of methoxy groups -OCH3 is 1. The largest absolute Gasteiger partial charge is 0.522 e. The van der Waals surface area contributed by atoms with Crippen molar-refractivity contribution in [3.8, 4) is 34.1 Å². The second-order valence-corrected chi connectivity index (χ2v) is 7.45. The van der Waals surface area contributed by atoms with Crippen molar-refractivity contribution in [1.82, 2.24) is 4.98 Å². The molecule has 7 heteroatoms. The molecule has 2 radical (unpaired) electrons. The summed E-state index contributed by atoms with van der Waals surface area (Å²) >= 11 is 0. The fourth-order valence-electron chi connectivity index (χ4n) is 3.04. The SMILES string of the molecule is CCOc1ccc(-c2ccc(OCOc3cc[c-]cc3)cc2)cc1.COc1cc[c-]cc1.[Y].[Y].[c-]1cc[c-]nc1. The number of nitrogens with zero attached hydrogens (tertiary/aromatic N) is 1. The zero-order chi connectivity index (χ0) is 26.7. The van der Waals surface area contributed by atoms with Gasteiger partial charge in [-0.25, -0.2) is 0 Å². The third-order valence-corrected chi connectivity index (χ3v) is 4.88. The van der Waals surface area contributed by atoms with Gasteiger partial charge in [-0.2, -0.15) is 48.8 Å². The molecule has 4 aromatic carbocycles. The van der Waals surface area contributed by atoms with Gasteiger partial charge in [-0.1, -0.05) is 24.3 Å². The van der Waals surface area contributed by atoms with Crippen molar-refractivity contribution in [2.24, 2.45) is 0 Å². The summed E-state index contributed by atoms with van der Waals surface area (Å²) in [6.45, 7) is 2.83. The summed E-state index contributed by atoms with van der Waals surface area (Å²) in [6, 6.07) is 42.7. The Hall–Kier alpha value is -2.56. The summed E-state index contributed by atoms with van der Waals surface area (Å²) in [6.07, 6.45) is 4.18. The summed E-state index contributed by atoms with van der Waals surface area (Å²) in [4.78, 5) is 3.60. The Kier molecular flexibility index (Phi) is 19.7. The standard InChI is InChI=1S/C21H19O3.C7H7O.C5H3N.2Y/c1-2-22-20-12-8-17(9-13-20)18-10-14-21(15-11-18)24-16-23-19-6-4-3-5-7-19;1-8-7-5-3-2-4-6-7;1-2-4-6-5-3-1;;/h4-15H,2,16H2,1H3;3-6H,1H3;1-2,5H;;/q2*-1;-2;;. The van der Waals surface area contributed by atoms with Crippen LogP contribution in [-0.2, 0) is 65.4 Å². The van der Waals surface area contributed by atoms with Crippen LogP contribution in [0, 0.1) is 24.4 Å². The Morgan fingerprint density at radius 3 is 1.38 bits per heavy atom. The molecule has 0 bridgehead atoms. The van der Waals surface area contributed by atoms with Crippen LogP contribution in [0.3, 0.4) is 0 Å². The van der Waals surface area contributed by atoms with Gasteiger partial charge in [-0.3, -0.25) is 0 Å². The summed E-state index contributed by atoms with van der Waals surface area (Å²) < 4.78 is 21.5. The van der Waals surface area contributed by atoms with E-state index in [1.54, 1.807) is 37.6 Å². The van der Waals surface area contributed by atoms with Crippen molar-refractivity contribution in [2.45, 2.75) is 6.92 Å². The van der Waals surface area contributed by atoms with Crippen LogP contribution in [0.2, 0.25) is 0 Å². The maximum absolute atomic E-state index is 5.60. The zero-order valence-corrected chi connectivity index (χ0v) is 28.3. The van der Waals surface area contributed by atoms with E-state index in [1.165, 1.54) is 0 Å². The normalized spacial score (nSPS) is 9.05. The summed E-state index contributed by atoms with van der Waals surface area (Å²) in [5, 5.41) is 0. The van der Waals surface area contributed by atoms with Crippen LogP contribution >= 0.6 is 0 Å². The number of hydrogen-bond acceptors (Lipinski definition) is 5. The summed E-state index contributed by atoms with van der Waals surface area (Å²) in [5.41, 5.74) is 2.27. The molecular formula is C33H29NO4Y2-4. The predicted molar refractivity (Wildman–Crippen MR) is 148 cm³/mol. The van der Waals surface area contributed by atoms with Gasteiger partial charge in [-0.05, 0) is 42.3 Å². The average molecular weight is 681 g/mol. The van der Waals surface area contributed by atoms with Crippen molar-refractivity contribution in [2.75, 3.05) is 20.5 Å². The Morgan fingerprint density at radius 1 is 0.550 bits per heavy atom. The summed E-state index contributed by atoms with van der Waals surface area (Å²) in [5.74, 6) is 3.30. The van der Waals surface area contributed by atoms with Crippen LogP contribution in [0.15, 0.2) is 115 Å². The average Bonchev–Trinajstić information content (AvgIpc) is 3.01. The van der Waals surface area contributed by atoms with Crippen LogP contribution in [0.1, 0.15) is 6.92 Å². The molecule has 0 amide bonds. The fraction of sp³-hybridized carbons (Fsp3) is 0.121. The maximum atomic E-state index is 5.60. The molecule has 5 nitrogen and oxygen atoms in total. The fourth-order valence-corrected chi connectivity index (χ4v) is 3.04. The molecule has 0 aliphatic rings. The molecule has 0 saturated carbocycles. The molecule has 5 rings (SSSR count). The smallest absolute Gasteiger partial charge is 0.227 e. The van der Waals surface area contributed by atoms with E-state index < -0.39 is 0 Å². The van der Waals surface area contributed by atoms with E-state index in [-0.39, 0.29) is 72.2 Å². The minimum Gasteiger partial charge on any atom is -0.522 e. The van der Waals surface area contributed by atoms with E-state index in [9.17, 15) is 0 Å². The number of pyridine rings is 1. The van der Waals surface area contributed by atoms with Gasteiger partial charge in [-0.15, -0.1) is 24.3 Å². The van der Waals surface area contributed by atoms with Gasteiger partial charge in [0.1, 0.15) is 11.5 Å². The van der Waals surface area contributed by atoms with Gasteiger partial charge < -0.3 is 42.1 Å². The number of rotatable bonds is 8. The van der Waals surface area contributed by atoms with Gasteiger partial charge in [0.05, 0.1) is 13.7 Å². The Morgan fingerprint density at radius 2 is 1.02 bits per heavy atom. The van der Waals surface area contributed by atoms with Crippen LogP contribution in [0.25, 0.3) is 11.1 Å². The quantitative estimate of drug-likeness (QED) is 0.129. The third-order valence-electron chi connectivity index (χ3n) is 4.88. The van der Waals surface area contributed by atoms with Gasteiger partial charge in [0.15, 0.2) is 0 Å². The van der Waals surface area contributed by atoms with Crippen molar-refractivity contribution in [3.05, 3.63) is 140 Å². The van der Waals surface area contributed by atoms with Crippen LogP contribution in [0.5, 0.6) is 23.0 Å². The molecule has 1 heterocycles. The number of benzene rings is 4. The molecule has 200 valence electrons. The van der Waals surface area contributed by atoms with Gasteiger partial charge >= 0.3 is 0 Å². The molecule has 0 aliphatic heterocycles. The topological polar surface area (TPSA) is 49.8 Å². The first-order valence-electron chi connectivity index (χ1n) is 12.0. The van der Waals surface area contributed by atoms with E-state index >= 15 is 0 Å². The molecule has 0 aliphatic carbocycles. The molecule has 5 aromatic rings. The molecule has 0 N–H and O–H groups in total. The predicted octanol–water partition coefficient (Wildman–Crippen LogP) is 7.14. The van der Waals surface area contributed by atoms with Gasteiger partial charge in [0.2, 0.25) is 6.79 Å². The molecule has 0 unspecified atom stereocenters. The molecule has 0 saturated heterocycles. The summed E-state index contributed by atoms with van der Waals surface area (Å²) in [7, 11) is 1.65. The maximum Gasteiger partial charge on any atom is 0.227 e. The number of ether oxygens (including phenoxy) is 4. The molecule has 0 fully saturated rings. The van der Waals surface area contributed by atoms with E-state index in [0.717, 1.165) is 34.1 Å². The second kappa shape index (κ2) is 22.2. The van der Waals surface area contributed by atoms with Crippen LogP contribution in [-0.4, -0.2) is 25.5 Å². The van der Waals surface area contributed by atoms with E-state index in [0.29, 0.717) is 6.61 Å². The molecule has 0 atom stereocenters. The minimum absolute atomic E-state index is 0. The first kappa shape index (κ1) is 35.5. The van der Waals surface area contributed by atoms with Crippen molar-refractivity contribution in [3.63, 3.8) is 0 Å². The van der Waals surface area contributed by atoms with Crippen LogP contribution in [0.4, 0.5) is 0 Å². The van der Waals surface area contributed by atoms with Gasteiger partial charge in [0, 0.05) is 76.9 Å². The monoisotopic (exact) mass is 681 g/mol. The van der Waals surface area contributed by atoms with Crippen molar-refractivity contribution < 1.29 is 84.4 Å². The van der Waals surface area contributed by atoms with Crippen LogP contribution < -0.4 is 18.9 Å². The Balaban J connectivity index is 0.000000410. The van der Waals surface area contributed by atoms with E-state index in [2.05, 4.69) is 41.5 Å². The van der Waals surface area contributed by atoms with E-state index in [1.807, 2.05) is 79.7 Å². The van der Waals surface area contributed by atoms with Gasteiger partial charge in [0.25, 0.3) is 0 Å². The Labute approximate surface area is 288 Å².